The lowest BCUT2D eigenvalue weighted by atomic mass is 10.0. The zero-order valence-corrected chi connectivity index (χ0v) is 11.2. The van der Waals surface area contributed by atoms with Gasteiger partial charge < -0.3 is 9.67 Å². The lowest BCUT2D eigenvalue weighted by molar-refractivity contribution is 0.0694. The van der Waals surface area contributed by atoms with E-state index in [0.717, 1.165) is 13.1 Å². The second kappa shape index (κ2) is 5.08. The second-order valence-electron chi connectivity index (χ2n) is 4.46. The summed E-state index contributed by atoms with van der Waals surface area (Å²) >= 11 is 0. The maximum absolute atomic E-state index is 14.4. The number of aromatic carboxylic acids is 1. The van der Waals surface area contributed by atoms with Crippen molar-refractivity contribution in [3.05, 3.63) is 45.2 Å². The Balaban J connectivity index is 3.09. The highest BCUT2D eigenvalue weighted by atomic mass is 19.1. The van der Waals surface area contributed by atoms with Crippen molar-refractivity contribution in [2.24, 2.45) is 0 Å². The molecular formula is C14H11F2NO4. The molecular weight excluding hydrogens is 284 g/mol. The molecule has 0 aliphatic heterocycles. The van der Waals surface area contributed by atoms with Crippen LogP contribution in [0.25, 0.3) is 10.9 Å². The molecule has 2 aromatic rings. The molecule has 0 aliphatic rings. The molecule has 0 atom stereocenters. The quantitative estimate of drug-likeness (QED) is 0.881. The van der Waals surface area contributed by atoms with E-state index in [0.29, 0.717) is 6.07 Å². The number of hydrogen-bond donors (Lipinski definition) is 1. The molecule has 0 aliphatic carbocycles. The molecule has 110 valence electrons. The number of ketones is 1. The molecule has 0 radical (unpaired) electrons. The second-order valence-corrected chi connectivity index (χ2v) is 4.46. The molecule has 0 bridgehead atoms. The molecule has 0 fully saturated rings. The number of carbonyl (C=O) groups excluding carboxylic acids is 1. The number of benzene rings is 1. The molecule has 0 saturated carbocycles. The van der Waals surface area contributed by atoms with Crippen LogP contribution in [0.3, 0.4) is 0 Å². The fourth-order valence-corrected chi connectivity index (χ4v) is 2.21. The Labute approximate surface area is 117 Å². The van der Waals surface area contributed by atoms with Crippen molar-refractivity contribution >= 4 is 22.7 Å². The molecule has 0 spiro atoms. The van der Waals surface area contributed by atoms with Crippen LogP contribution in [0.1, 0.15) is 34.6 Å². The lowest BCUT2D eigenvalue weighted by Crippen LogP contribution is -2.20. The number of carbonyl (C=O) groups is 2. The summed E-state index contributed by atoms with van der Waals surface area (Å²) < 4.78 is 29.4. The van der Waals surface area contributed by atoms with Crippen LogP contribution in [0.15, 0.2) is 17.1 Å². The lowest BCUT2D eigenvalue weighted by Gasteiger charge is -2.13. The third kappa shape index (κ3) is 2.20. The van der Waals surface area contributed by atoms with Crippen molar-refractivity contribution in [2.45, 2.75) is 20.4 Å². The normalized spacial score (nSPS) is 10.9. The van der Waals surface area contributed by atoms with Crippen molar-refractivity contribution in [3.8, 4) is 0 Å². The summed E-state index contributed by atoms with van der Waals surface area (Å²) in [6, 6.07) is 0.704. The number of carboxylic acid groups (broad SMARTS) is 1. The number of aryl methyl sites for hydroxylation is 1. The van der Waals surface area contributed by atoms with E-state index >= 15 is 0 Å². The first-order valence-electron chi connectivity index (χ1n) is 6.09. The Kier molecular flexibility index (Phi) is 3.59. The van der Waals surface area contributed by atoms with E-state index in [2.05, 4.69) is 0 Å². The minimum atomic E-state index is -1.49. The summed E-state index contributed by atoms with van der Waals surface area (Å²) in [6.45, 7) is 2.76. The third-order valence-electron chi connectivity index (χ3n) is 3.18. The van der Waals surface area contributed by atoms with E-state index in [-0.39, 0.29) is 12.1 Å². The highest BCUT2D eigenvalue weighted by Gasteiger charge is 2.23. The highest BCUT2D eigenvalue weighted by molar-refractivity contribution is 6.00. The van der Waals surface area contributed by atoms with Crippen molar-refractivity contribution < 1.29 is 23.5 Å². The first-order chi connectivity index (χ1) is 9.79. The van der Waals surface area contributed by atoms with E-state index in [1.54, 1.807) is 6.92 Å². The van der Waals surface area contributed by atoms with Gasteiger partial charge in [-0.1, -0.05) is 0 Å². The molecule has 1 aromatic carbocycles. The number of fused-ring (bicyclic) bond motifs is 1. The van der Waals surface area contributed by atoms with Crippen molar-refractivity contribution in [1.82, 2.24) is 4.57 Å². The average molecular weight is 295 g/mol. The maximum atomic E-state index is 14.4. The van der Waals surface area contributed by atoms with Gasteiger partial charge in [0.25, 0.3) is 0 Å². The topological polar surface area (TPSA) is 76.4 Å². The number of pyridine rings is 1. The first kappa shape index (κ1) is 14.8. The predicted molar refractivity (Wildman–Crippen MR) is 70.8 cm³/mol. The van der Waals surface area contributed by atoms with Gasteiger partial charge in [0.15, 0.2) is 11.6 Å². The zero-order chi connectivity index (χ0) is 15.9. The standard InChI is InChI=1S/C14H11F2NO4/c1-3-17-5-8(14(20)21)13(19)7-4-9(15)10(6(2)18)11(16)12(7)17/h4-5H,3H2,1-2H3,(H,20,21). The Hall–Kier alpha value is -2.57. The van der Waals surface area contributed by atoms with Crippen LogP contribution in [0.2, 0.25) is 0 Å². The number of aromatic nitrogens is 1. The van der Waals surface area contributed by atoms with Gasteiger partial charge in [0.05, 0.1) is 16.5 Å². The number of Topliss-reactive ketones (excluding diaryl/α,β-unsaturated/α-hetero) is 1. The maximum Gasteiger partial charge on any atom is 0.341 e. The summed E-state index contributed by atoms with van der Waals surface area (Å²) in [7, 11) is 0. The molecule has 7 heteroatoms. The molecule has 0 amide bonds. The molecule has 1 aromatic heterocycles. The van der Waals surface area contributed by atoms with Gasteiger partial charge in [-0.3, -0.25) is 9.59 Å². The number of halogens is 2. The smallest absolute Gasteiger partial charge is 0.341 e. The number of carboxylic acids is 1. The molecule has 1 heterocycles. The summed E-state index contributed by atoms with van der Waals surface area (Å²) in [6.07, 6.45) is 0.984. The van der Waals surface area contributed by atoms with E-state index < -0.39 is 45.3 Å². The molecule has 0 saturated heterocycles. The first-order valence-corrected chi connectivity index (χ1v) is 6.09. The van der Waals surface area contributed by atoms with Crippen molar-refractivity contribution in [1.29, 1.82) is 0 Å². The molecule has 5 nitrogen and oxygen atoms in total. The van der Waals surface area contributed by atoms with Crippen LogP contribution in [0.4, 0.5) is 8.78 Å². The van der Waals surface area contributed by atoms with Crippen molar-refractivity contribution in [3.63, 3.8) is 0 Å². The predicted octanol–water partition coefficient (Wildman–Crippen LogP) is 2.20. The van der Waals surface area contributed by atoms with Crippen LogP contribution in [-0.2, 0) is 6.54 Å². The van der Waals surface area contributed by atoms with Gasteiger partial charge in [0.2, 0.25) is 5.43 Å². The SMILES string of the molecule is CCn1cc(C(=O)O)c(=O)c2cc(F)c(C(C)=O)c(F)c21. The Morgan fingerprint density at radius 2 is 1.95 bits per heavy atom. The zero-order valence-electron chi connectivity index (χ0n) is 11.2. The van der Waals surface area contributed by atoms with E-state index in [1.165, 1.54) is 4.57 Å². The third-order valence-corrected chi connectivity index (χ3v) is 3.18. The number of rotatable bonds is 3. The Morgan fingerprint density at radius 3 is 2.43 bits per heavy atom. The van der Waals surface area contributed by atoms with Crippen LogP contribution >= 0.6 is 0 Å². The largest absolute Gasteiger partial charge is 0.477 e. The fourth-order valence-electron chi connectivity index (χ4n) is 2.21. The van der Waals surface area contributed by atoms with Gasteiger partial charge >= 0.3 is 5.97 Å². The fraction of sp³-hybridized carbons (Fsp3) is 0.214. The number of hydrogen-bond acceptors (Lipinski definition) is 3. The summed E-state index contributed by atoms with van der Waals surface area (Å²) in [5.74, 6) is -4.65. The molecule has 0 unspecified atom stereocenters. The summed E-state index contributed by atoms with van der Waals surface area (Å²) in [4.78, 5) is 34.4. The summed E-state index contributed by atoms with van der Waals surface area (Å²) in [5.41, 5.74) is -2.60. The highest BCUT2D eigenvalue weighted by Crippen LogP contribution is 2.23. The van der Waals surface area contributed by atoms with E-state index in [1.807, 2.05) is 0 Å². The summed E-state index contributed by atoms with van der Waals surface area (Å²) in [5, 5.41) is 8.57. The van der Waals surface area contributed by atoms with E-state index in [4.69, 9.17) is 5.11 Å². The van der Waals surface area contributed by atoms with Crippen LogP contribution < -0.4 is 5.43 Å². The van der Waals surface area contributed by atoms with Crippen LogP contribution in [0.5, 0.6) is 0 Å². The molecule has 2 rings (SSSR count). The van der Waals surface area contributed by atoms with Gasteiger partial charge in [0.1, 0.15) is 11.4 Å². The van der Waals surface area contributed by atoms with Crippen LogP contribution in [-0.4, -0.2) is 21.4 Å². The average Bonchev–Trinajstić information content (AvgIpc) is 2.39. The number of nitrogens with zero attached hydrogens (tertiary/aromatic N) is 1. The van der Waals surface area contributed by atoms with Crippen molar-refractivity contribution in [2.75, 3.05) is 0 Å². The minimum Gasteiger partial charge on any atom is -0.477 e. The van der Waals surface area contributed by atoms with E-state index in [9.17, 15) is 23.2 Å². The van der Waals surface area contributed by atoms with Gasteiger partial charge in [0, 0.05) is 12.7 Å². The van der Waals surface area contributed by atoms with Gasteiger partial charge in [-0.15, -0.1) is 0 Å². The monoisotopic (exact) mass is 295 g/mol. The molecule has 1 N–H and O–H groups in total. The Bertz CT molecular complexity index is 839. The van der Waals surface area contributed by atoms with Gasteiger partial charge in [-0.25, -0.2) is 13.6 Å². The van der Waals surface area contributed by atoms with Gasteiger partial charge in [-0.05, 0) is 19.9 Å². The Morgan fingerprint density at radius 1 is 1.33 bits per heavy atom. The van der Waals surface area contributed by atoms with Crippen LogP contribution in [0, 0.1) is 11.6 Å². The van der Waals surface area contributed by atoms with Gasteiger partial charge in [-0.2, -0.15) is 0 Å². The molecule has 21 heavy (non-hydrogen) atoms. The minimum absolute atomic E-state index is 0.150.